The number of carbonyl (C=O) groups excluding carboxylic acids is 2. The van der Waals surface area contributed by atoms with E-state index in [0.717, 1.165) is 12.8 Å². The number of aliphatic hydroxyl groups excluding tert-OH is 2. The average molecular weight is 338 g/mol. The molecule has 4 nitrogen and oxygen atoms in total. The van der Waals surface area contributed by atoms with Gasteiger partial charge in [-0.1, -0.05) is 32.4 Å². The van der Waals surface area contributed by atoms with E-state index in [0.29, 0.717) is 25.7 Å². The highest BCUT2D eigenvalue weighted by atomic mass is 16.3. The Morgan fingerprint density at radius 1 is 1.21 bits per heavy atom. The molecule has 0 bridgehead atoms. The number of ketones is 2. The van der Waals surface area contributed by atoms with E-state index in [1.807, 2.05) is 27.7 Å². The highest BCUT2D eigenvalue weighted by Gasteiger charge is 2.31. The fourth-order valence-corrected chi connectivity index (χ4v) is 3.36. The number of hydrogen-bond acceptors (Lipinski definition) is 4. The van der Waals surface area contributed by atoms with Gasteiger partial charge in [0.15, 0.2) is 5.78 Å². The van der Waals surface area contributed by atoms with E-state index in [1.54, 1.807) is 0 Å². The van der Waals surface area contributed by atoms with Gasteiger partial charge in [0, 0.05) is 18.3 Å². The summed E-state index contributed by atoms with van der Waals surface area (Å²) in [7, 11) is 0. The minimum Gasteiger partial charge on any atom is -0.396 e. The van der Waals surface area contributed by atoms with Crippen molar-refractivity contribution in [2.75, 3.05) is 6.61 Å². The molecule has 1 rings (SSSR count). The van der Waals surface area contributed by atoms with Crippen LogP contribution in [0.5, 0.6) is 0 Å². The Labute approximate surface area is 146 Å². The Morgan fingerprint density at radius 3 is 2.46 bits per heavy atom. The fraction of sp³-hybridized carbons (Fsp3) is 0.800. The third kappa shape index (κ3) is 6.14. The number of carbonyl (C=O) groups is 2. The highest BCUT2D eigenvalue weighted by molar-refractivity contribution is 5.86. The van der Waals surface area contributed by atoms with Gasteiger partial charge in [0.2, 0.25) is 0 Å². The first kappa shape index (κ1) is 21.0. The van der Waals surface area contributed by atoms with Gasteiger partial charge >= 0.3 is 0 Å². The first-order chi connectivity index (χ1) is 11.3. The largest absolute Gasteiger partial charge is 0.396 e. The van der Waals surface area contributed by atoms with Gasteiger partial charge in [0.25, 0.3) is 0 Å². The van der Waals surface area contributed by atoms with Crippen molar-refractivity contribution < 1.29 is 19.8 Å². The zero-order valence-electron chi connectivity index (χ0n) is 15.6. The Morgan fingerprint density at radius 2 is 1.88 bits per heavy atom. The lowest BCUT2D eigenvalue weighted by Crippen LogP contribution is -2.36. The van der Waals surface area contributed by atoms with Crippen LogP contribution in [0, 0.1) is 23.7 Å². The quantitative estimate of drug-likeness (QED) is 0.758. The second kappa shape index (κ2) is 10.1. The molecule has 0 saturated heterocycles. The Bertz CT molecular complexity index is 453. The molecule has 1 aliphatic rings. The maximum Gasteiger partial charge on any atom is 0.165 e. The molecule has 0 amide bonds. The van der Waals surface area contributed by atoms with Crippen LogP contribution in [0.4, 0.5) is 0 Å². The topological polar surface area (TPSA) is 74.6 Å². The van der Waals surface area contributed by atoms with Gasteiger partial charge in [0.1, 0.15) is 11.9 Å². The molecule has 1 aliphatic carbocycles. The van der Waals surface area contributed by atoms with Crippen LogP contribution in [0.25, 0.3) is 0 Å². The molecule has 0 aromatic carbocycles. The van der Waals surface area contributed by atoms with Gasteiger partial charge in [-0.15, -0.1) is 0 Å². The van der Waals surface area contributed by atoms with Gasteiger partial charge in [-0.2, -0.15) is 0 Å². The van der Waals surface area contributed by atoms with E-state index in [9.17, 15) is 19.8 Å². The summed E-state index contributed by atoms with van der Waals surface area (Å²) in [4.78, 5) is 24.9. The molecule has 24 heavy (non-hydrogen) atoms. The van der Waals surface area contributed by atoms with Gasteiger partial charge in [-0.3, -0.25) is 9.59 Å². The lowest BCUT2D eigenvalue weighted by Gasteiger charge is -2.26. The number of rotatable bonds is 2. The summed E-state index contributed by atoms with van der Waals surface area (Å²) >= 11 is 0. The van der Waals surface area contributed by atoms with Crippen molar-refractivity contribution in [3.05, 3.63) is 11.6 Å². The maximum atomic E-state index is 12.7. The zero-order chi connectivity index (χ0) is 18.3. The molecule has 0 heterocycles. The number of hydrogen-bond donors (Lipinski definition) is 2. The Hall–Kier alpha value is -1.00. The van der Waals surface area contributed by atoms with E-state index in [-0.39, 0.29) is 41.8 Å². The van der Waals surface area contributed by atoms with Crippen LogP contribution in [0.15, 0.2) is 11.6 Å². The fourth-order valence-electron chi connectivity index (χ4n) is 3.36. The standard InChI is InChI=1S/C20H34O4/c1-13(2)17-10-8-14(3)6-5-7-16(12-21)18(22)11-9-15(4)19(23)20(17)24/h8,13,15-17,19,21,23H,5-7,9-12H2,1-4H3. The minimum atomic E-state index is -1.02. The van der Waals surface area contributed by atoms with Crippen molar-refractivity contribution in [2.45, 2.75) is 72.3 Å². The molecule has 0 aromatic heterocycles. The third-order valence-electron chi connectivity index (χ3n) is 5.37. The molecule has 0 aromatic rings. The summed E-state index contributed by atoms with van der Waals surface area (Å²) < 4.78 is 0. The lowest BCUT2D eigenvalue weighted by molar-refractivity contribution is -0.135. The molecule has 0 spiro atoms. The van der Waals surface area contributed by atoms with E-state index in [4.69, 9.17) is 0 Å². The molecule has 0 saturated carbocycles. The smallest absolute Gasteiger partial charge is 0.165 e. The normalized spacial score (nSPS) is 31.7. The second-order valence-corrected chi connectivity index (χ2v) is 7.74. The Kier molecular flexibility index (Phi) is 8.85. The van der Waals surface area contributed by atoms with Crippen LogP contribution in [0.3, 0.4) is 0 Å². The number of Topliss-reactive ketones (excluding diaryl/α,β-unsaturated/α-hetero) is 2. The van der Waals surface area contributed by atoms with Gasteiger partial charge < -0.3 is 10.2 Å². The van der Waals surface area contributed by atoms with E-state index >= 15 is 0 Å². The van der Waals surface area contributed by atoms with Crippen LogP contribution in [0.2, 0.25) is 0 Å². The van der Waals surface area contributed by atoms with Crippen molar-refractivity contribution in [1.29, 1.82) is 0 Å². The van der Waals surface area contributed by atoms with Crippen molar-refractivity contribution in [2.24, 2.45) is 23.7 Å². The van der Waals surface area contributed by atoms with Crippen LogP contribution in [-0.4, -0.2) is 34.5 Å². The number of aliphatic hydroxyl groups is 2. The van der Waals surface area contributed by atoms with Crippen LogP contribution in [0.1, 0.15) is 66.2 Å². The van der Waals surface area contributed by atoms with E-state index in [2.05, 4.69) is 6.08 Å². The molecule has 138 valence electrons. The molecule has 0 aliphatic heterocycles. The van der Waals surface area contributed by atoms with Gasteiger partial charge in [0.05, 0.1) is 6.61 Å². The van der Waals surface area contributed by atoms with E-state index in [1.165, 1.54) is 5.57 Å². The van der Waals surface area contributed by atoms with Crippen LogP contribution < -0.4 is 0 Å². The Balaban J connectivity index is 2.97. The minimum absolute atomic E-state index is 0.0445. The molecule has 4 heteroatoms. The zero-order valence-corrected chi connectivity index (χ0v) is 15.6. The van der Waals surface area contributed by atoms with Crippen molar-refractivity contribution in [3.63, 3.8) is 0 Å². The average Bonchev–Trinajstić information content (AvgIpc) is 2.54. The third-order valence-corrected chi connectivity index (χ3v) is 5.37. The molecule has 2 N–H and O–H groups in total. The summed E-state index contributed by atoms with van der Waals surface area (Å²) in [6, 6.07) is 0. The van der Waals surface area contributed by atoms with Crippen molar-refractivity contribution >= 4 is 11.6 Å². The molecular weight excluding hydrogens is 304 g/mol. The van der Waals surface area contributed by atoms with Crippen molar-refractivity contribution in [1.82, 2.24) is 0 Å². The monoisotopic (exact) mass is 338 g/mol. The van der Waals surface area contributed by atoms with Gasteiger partial charge in [-0.25, -0.2) is 0 Å². The predicted molar refractivity (Wildman–Crippen MR) is 95.5 cm³/mol. The van der Waals surface area contributed by atoms with Crippen molar-refractivity contribution in [3.8, 4) is 0 Å². The number of allylic oxidation sites excluding steroid dienone is 2. The summed E-state index contributed by atoms with van der Waals surface area (Å²) in [5, 5.41) is 19.9. The lowest BCUT2D eigenvalue weighted by atomic mass is 9.80. The molecule has 4 atom stereocenters. The SMILES string of the molecule is CC1=CCC(C(C)C)C(=O)C(O)C(C)CCC(=O)C(CO)CCC1. The predicted octanol–water partition coefficient (Wildman–Crippen LogP) is 3.30. The first-order valence-electron chi connectivity index (χ1n) is 9.28. The maximum absolute atomic E-state index is 12.7. The summed E-state index contributed by atoms with van der Waals surface area (Å²) in [5.41, 5.74) is 1.21. The second-order valence-electron chi connectivity index (χ2n) is 7.74. The summed E-state index contributed by atoms with van der Waals surface area (Å²) in [6.45, 7) is 7.78. The van der Waals surface area contributed by atoms with Gasteiger partial charge in [-0.05, 0) is 50.9 Å². The first-order valence-corrected chi connectivity index (χ1v) is 9.28. The summed E-state index contributed by atoms with van der Waals surface area (Å²) in [6.07, 6.45) is 4.99. The van der Waals surface area contributed by atoms with Crippen LogP contribution >= 0.6 is 0 Å². The van der Waals surface area contributed by atoms with E-state index < -0.39 is 6.10 Å². The highest BCUT2D eigenvalue weighted by Crippen LogP contribution is 2.26. The molecule has 0 radical (unpaired) electrons. The summed E-state index contributed by atoms with van der Waals surface area (Å²) in [5.74, 6) is -0.620. The van der Waals surface area contributed by atoms with Crippen LogP contribution in [-0.2, 0) is 9.59 Å². The molecule has 4 unspecified atom stereocenters. The molecular formula is C20H34O4. The molecule has 0 fully saturated rings.